The normalized spacial score (nSPS) is 11.8. The first-order chi connectivity index (χ1) is 9.56. The number of carbonyl (C=O) groups is 1. The summed E-state index contributed by atoms with van der Waals surface area (Å²) >= 11 is 0. The second-order valence-corrected chi connectivity index (χ2v) is 4.19. The van der Waals surface area contributed by atoms with Gasteiger partial charge in [0.05, 0.1) is 0 Å². The fourth-order valence-electron chi connectivity index (χ4n) is 1.57. The van der Waals surface area contributed by atoms with Gasteiger partial charge >= 0.3 is 0 Å². The minimum absolute atomic E-state index is 0.178. The van der Waals surface area contributed by atoms with E-state index in [9.17, 15) is 13.6 Å². The van der Waals surface area contributed by atoms with Crippen LogP contribution < -0.4 is 10.1 Å². The van der Waals surface area contributed by atoms with Gasteiger partial charge in [0, 0.05) is 11.8 Å². The third kappa shape index (κ3) is 3.54. The molecule has 0 aromatic heterocycles. The van der Waals surface area contributed by atoms with Crippen LogP contribution in [0.1, 0.15) is 6.92 Å². The van der Waals surface area contributed by atoms with E-state index in [1.807, 2.05) is 6.07 Å². The Kier molecular flexibility index (Phi) is 4.30. The average molecular weight is 277 g/mol. The molecule has 5 heteroatoms. The van der Waals surface area contributed by atoms with Crippen molar-refractivity contribution in [2.45, 2.75) is 13.0 Å². The minimum Gasteiger partial charge on any atom is -0.481 e. The van der Waals surface area contributed by atoms with E-state index in [1.54, 1.807) is 31.2 Å². The summed E-state index contributed by atoms with van der Waals surface area (Å²) in [6.45, 7) is 1.57. The highest BCUT2D eigenvalue weighted by Crippen LogP contribution is 2.15. The van der Waals surface area contributed by atoms with Crippen LogP contribution in [-0.4, -0.2) is 12.0 Å². The molecule has 104 valence electrons. The molecule has 20 heavy (non-hydrogen) atoms. The van der Waals surface area contributed by atoms with E-state index < -0.39 is 23.6 Å². The molecule has 0 saturated heterocycles. The van der Waals surface area contributed by atoms with Crippen LogP contribution in [0.2, 0.25) is 0 Å². The zero-order valence-electron chi connectivity index (χ0n) is 10.8. The summed E-state index contributed by atoms with van der Waals surface area (Å²) in [5.41, 5.74) is 0.178. The molecule has 1 amide bonds. The molecule has 0 saturated carbocycles. The Bertz CT molecular complexity index is 602. The molecule has 0 unspecified atom stereocenters. The average Bonchev–Trinajstić information content (AvgIpc) is 2.44. The Morgan fingerprint density at radius 2 is 1.80 bits per heavy atom. The number of hydrogen-bond donors (Lipinski definition) is 1. The standard InChI is InChI=1S/C15H13F2NO2/c1-10(20-12-5-3-2-4-6-12)15(19)18-11-7-8-13(16)14(17)9-11/h2-10H,1H3,(H,18,19)/t10-/m0/s1. The van der Waals surface area contributed by atoms with Gasteiger partial charge in [-0.25, -0.2) is 8.78 Å². The zero-order chi connectivity index (χ0) is 14.5. The summed E-state index contributed by atoms with van der Waals surface area (Å²) in [5, 5.41) is 2.46. The van der Waals surface area contributed by atoms with Gasteiger partial charge in [0.15, 0.2) is 17.7 Å². The Morgan fingerprint density at radius 3 is 2.45 bits per heavy atom. The summed E-state index contributed by atoms with van der Waals surface area (Å²) in [5.74, 6) is -1.86. The van der Waals surface area contributed by atoms with Gasteiger partial charge in [-0.3, -0.25) is 4.79 Å². The number of carbonyl (C=O) groups excluding carboxylic acids is 1. The lowest BCUT2D eigenvalue weighted by Gasteiger charge is -2.14. The van der Waals surface area contributed by atoms with Gasteiger partial charge in [0.25, 0.3) is 5.91 Å². The number of nitrogens with one attached hydrogen (secondary N) is 1. The van der Waals surface area contributed by atoms with Crippen LogP contribution in [0.5, 0.6) is 5.75 Å². The fraction of sp³-hybridized carbons (Fsp3) is 0.133. The van der Waals surface area contributed by atoms with Crippen LogP contribution in [-0.2, 0) is 4.79 Å². The van der Waals surface area contributed by atoms with Crippen LogP contribution in [0.4, 0.5) is 14.5 Å². The summed E-state index contributed by atoms with van der Waals surface area (Å²) in [6.07, 6.45) is -0.759. The van der Waals surface area contributed by atoms with E-state index in [2.05, 4.69) is 5.32 Å². The largest absolute Gasteiger partial charge is 0.481 e. The molecular formula is C15H13F2NO2. The van der Waals surface area contributed by atoms with E-state index in [1.165, 1.54) is 6.07 Å². The molecule has 2 aromatic carbocycles. The van der Waals surface area contributed by atoms with Gasteiger partial charge in [-0.2, -0.15) is 0 Å². The maximum atomic E-state index is 13.0. The van der Waals surface area contributed by atoms with Crippen molar-refractivity contribution < 1.29 is 18.3 Å². The summed E-state index contributed by atoms with van der Waals surface area (Å²) < 4.78 is 31.2. The van der Waals surface area contributed by atoms with Crippen molar-refractivity contribution in [1.82, 2.24) is 0 Å². The minimum atomic E-state index is -1.01. The van der Waals surface area contributed by atoms with E-state index in [4.69, 9.17) is 4.74 Å². The van der Waals surface area contributed by atoms with Crippen LogP contribution in [0, 0.1) is 11.6 Å². The summed E-state index contributed by atoms with van der Waals surface area (Å²) in [4.78, 5) is 11.9. The van der Waals surface area contributed by atoms with Gasteiger partial charge in [-0.05, 0) is 31.2 Å². The lowest BCUT2D eigenvalue weighted by atomic mass is 10.2. The van der Waals surface area contributed by atoms with Crippen LogP contribution in [0.15, 0.2) is 48.5 Å². The smallest absolute Gasteiger partial charge is 0.265 e. The Balaban J connectivity index is 1.99. The highest BCUT2D eigenvalue weighted by atomic mass is 19.2. The number of hydrogen-bond acceptors (Lipinski definition) is 2. The van der Waals surface area contributed by atoms with Crippen LogP contribution in [0.3, 0.4) is 0 Å². The SMILES string of the molecule is C[C@H](Oc1ccccc1)C(=O)Nc1ccc(F)c(F)c1. The predicted molar refractivity (Wildman–Crippen MR) is 71.5 cm³/mol. The third-order valence-corrected chi connectivity index (χ3v) is 2.61. The molecule has 1 N–H and O–H groups in total. The van der Waals surface area contributed by atoms with Crippen molar-refractivity contribution in [2.75, 3.05) is 5.32 Å². The third-order valence-electron chi connectivity index (χ3n) is 2.61. The number of benzene rings is 2. The van der Waals surface area contributed by atoms with Gasteiger partial charge in [0.1, 0.15) is 5.75 Å². The Labute approximate surface area is 115 Å². The number of para-hydroxylation sites is 1. The number of amides is 1. The first kappa shape index (κ1) is 14.0. The Morgan fingerprint density at radius 1 is 1.10 bits per heavy atom. The zero-order valence-corrected chi connectivity index (χ0v) is 10.8. The molecule has 0 radical (unpaired) electrons. The number of rotatable bonds is 4. The van der Waals surface area contributed by atoms with Gasteiger partial charge in [-0.1, -0.05) is 18.2 Å². The summed E-state index contributed by atoms with van der Waals surface area (Å²) in [6, 6.07) is 12.0. The van der Waals surface area contributed by atoms with Crippen molar-refractivity contribution in [1.29, 1.82) is 0 Å². The molecule has 0 heterocycles. The number of anilines is 1. The monoisotopic (exact) mass is 277 g/mol. The molecule has 0 bridgehead atoms. The molecule has 1 atom stereocenters. The number of halogens is 2. The van der Waals surface area contributed by atoms with Crippen molar-refractivity contribution in [3.05, 3.63) is 60.2 Å². The second-order valence-electron chi connectivity index (χ2n) is 4.19. The second kappa shape index (κ2) is 6.14. The molecule has 2 aromatic rings. The lowest BCUT2D eigenvalue weighted by molar-refractivity contribution is -0.122. The van der Waals surface area contributed by atoms with E-state index in [0.717, 1.165) is 12.1 Å². The van der Waals surface area contributed by atoms with E-state index in [-0.39, 0.29) is 5.69 Å². The fourth-order valence-corrected chi connectivity index (χ4v) is 1.57. The van der Waals surface area contributed by atoms with Crippen molar-refractivity contribution in [2.24, 2.45) is 0 Å². The molecule has 0 aliphatic heterocycles. The molecule has 3 nitrogen and oxygen atoms in total. The topological polar surface area (TPSA) is 38.3 Å². The number of ether oxygens (including phenoxy) is 1. The maximum absolute atomic E-state index is 13.0. The van der Waals surface area contributed by atoms with Gasteiger partial charge in [-0.15, -0.1) is 0 Å². The quantitative estimate of drug-likeness (QED) is 0.930. The van der Waals surface area contributed by atoms with E-state index >= 15 is 0 Å². The van der Waals surface area contributed by atoms with Crippen molar-refractivity contribution >= 4 is 11.6 Å². The summed E-state index contributed by atoms with van der Waals surface area (Å²) in [7, 11) is 0. The molecule has 0 aliphatic rings. The van der Waals surface area contributed by atoms with Gasteiger partial charge < -0.3 is 10.1 Å². The first-order valence-corrected chi connectivity index (χ1v) is 6.04. The van der Waals surface area contributed by atoms with Crippen LogP contribution in [0.25, 0.3) is 0 Å². The molecule has 0 aliphatic carbocycles. The first-order valence-electron chi connectivity index (χ1n) is 6.04. The van der Waals surface area contributed by atoms with Crippen molar-refractivity contribution in [3.63, 3.8) is 0 Å². The molecule has 0 fully saturated rings. The Hall–Kier alpha value is -2.43. The molecular weight excluding hydrogens is 264 g/mol. The highest BCUT2D eigenvalue weighted by molar-refractivity contribution is 5.94. The van der Waals surface area contributed by atoms with Crippen LogP contribution >= 0.6 is 0 Å². The maximum Gasteiger partial charge on any atom is 0.265 e. The van der Waals surface area contributed by atoms with Gasteiger partial charge in [0.2, 0.25) is 0 Å². The highest BCUT2D eigenvalue weighted by Gasteiger charge is 2.15. The molecule has 0 spiro atoms. The molecule has 2 rings (SSSR count). The van der Waals surface area contributed by atoms with E-state index in [0.29, 0.717) is 5.75 Å². The lowest BCUT2D eigenvalue weighted by Crippen LogP contribution is -2.30. The van der Waals surface area contributed by atoms with Crippen molar-refractivity contribution in [3.8, 4) is 5.75 Å². The predicted octanol–water partition coefficient (Wildman–Crippen LogP) is 3.37.